The first-order valence-electron chi connectivity index (χ1n) is 4.43. The monoisotopic (exact) mass is 168 g/mol. The maximum atomic E-state index is 10.5. The summed E-state index contributed by atoms with van der Waals surface area (Å²) < 4.78 is 0. The SMILES string of the molecule is CC1CC2CC1C(N=O)C2N=O. The van der Waals surface area contributed by atoms with Crippen molar-refractivity contribution in [1.82, 2.24) is 0 Å². The van der Waals surface area contributed by atoms with Crippen LogP contribution in [0.4, 0.5) is 0 Å². The van der Waals surface area contributed by atoms with Gasteiger partial charge in [-0.3, -0.25) is 0 Å². The van der Waals surface area contributed by atoms with Gasteiger partial charge in [0.25, 0.3) is 0 Å². The first kappa shape index (κ1) is 7.83. The molecule has 2 aliphatic rings. The molecule has 5 atom stereocenters. The summed E-state index contributed by atoms with van der Waals surface area (Å²) in [5.74, 6) is 1.22. The number of fused-ring (bicyclic) bond motifs is 2. The van der Waals surface area contributed by atoms with E-state index in [1.54, 1.807) is 0 Å². The molecule has 0 aliphatic heterocycles. The molecule has 0 amide bonds. The van der Waals surface area contributed by atoms with E-state index in [4.69, 9.17) is 0 Å². The predicted octanol–water partition coefficient (Wildman–Crippen LogP) is 1.93. The highest BCUT2D eigenvalue weighted by Crippen LogP contribution is 2.50. The second-order valence-corrected chi connectivity index (χ2v) is 4.06. The van der Waals surface area contributed by atoms with Crippen molar-refractivity contribution in [2.24, 2.45) is 28.1 Å². The van der Waals surface area contributed by atoms with Gasteiger partial charge in [-0.25, -0.2) is 0 Å². The molecule has 4 heteroatoms. The number of nitrogens with zero attached hydrogens (tertiary/aromatic N) is 2. The van der Waals surface area contributed by atoms with Gasteiger partial charge in [0, 0.05) is 0 Å². The summed E-state index contributed by atoms with van der Waals surface area (Å²) in [5.41, 5.74) is 0. The van der Waals surface area contributed by atoms with Crippen molar-refractivity contribution in [3.8, 4) is 0 Å². The van der Waals surface area contributed by atoms with E-state index in [-0.39, 0.29) is 12.1 Å². The Morgan fingerprint density at radius 2 is 1.75 bits per heavy atom. The minimum atomic E-state index is -0.323. The highest BCUT2D eigenvalue weighted by Gasteiger charge is 2.53. The van der Waals surface area contributed by atoms with Crippen LogP contribution in [0.2, 0.25) is 0 Å². The van der Waals surface area contributed by atoms with Crippen LogP contribution in [0.25, 0.3) is 0 Å². The molecular weight excluding hydrogens is 156 g/mol. The van der Waals surface area contributed by atoms with Crippen LogP contribution in [0.15, 0.2) is 10.4 Å². The van der Waals surface area contributed by atoms with E-state index in [1.807, 2.05) is 0 Å². The highest BCUT2D eigenvalue weighted by atomic mass is 16.3. The van der Waals surface area contributed by atoms with Gasteiger partial charge in [-0.15, -0.1) is 0 Å². The molecule has 2 saturated carbocycles. The minimum Gasteiger partial charge on any atom is -0.150 e. The smallest absolute Gasteiger partial charge is 0.121 e. The lowest BCUT2D eigenvalue weighted by Gasteiger charge is -2.24. The summed E-state index contributed by atoms with van der Waals surface area (Å²) in [5, 5.41) is 6.04. The normalized spacial score (nSPS) is 50.9. The second kappa shape index (κ2) is 2.61. The summed E-state index contributed by atoms with van der Waals surface area (Å²) in [6.07, 6.45) is 2.03. The second-order valence-electron chi connectivity index (χ2n) is 4.06. The molecule has 0 N–H and O–H groups in total. The third-order valence-electron chi connectivity index (χ3n) is 3.50. The van der Waals surface area contributed by atoms with Gasteiger partial charge in [0.2, 0.25) is 0 Å². The van der Waals surface area contributed by atoms with E-state index in [2.05, 4.69) is 17.3 Å². The van der Waals surface area contributed by atoms with Gasteiger partial charge in [0.15, 0.2) is 0 Å². The standard InChI is InChI=1S/C8H12N2O2/c1-4-2-5-3-6(4)8(10-12)7(5)9-11/h4-8H,2-3H2,1H3. The lowest BCUT2D eigenvalue weighted by Crippen LogP contribution is -2.32. The summed E-state index contributed by atoms with van der Waals surface area (Å²) in [7, 11) is 0. The zero-order valence-corrected chi connectivity index (χ0v) is 7.01. The molecule has 0 heterocycles. The van der Waals surface area contributed by atoms with Gasteiger partial charge in [-0.1, -0.05) is 17.3 Å². The summed E-state index contributed by atoms with van der Waals surface area (Å²) in [6.45, 7) is 2.13. The Balaban J connectivity index is 2.21. The van der Waals surface area contributed by atoms with Crippen molar-refractivity contribution in [3.05, 3.63) is 9.81 Å². The van der Waals surface area contributed by atoms with Crippen molar-refractivity contribution >= 4 is 0 Å². The molecule has 0 saturated heterocycles. The fourth-order valence-electron chi connectivity index (χ4n) is 2.91. The largest absolute Gasteiger partial charge is 0.150 e. The molecule has 2 rings (SSSR count). The van der Waals surface area contributed by atoms with E-state index in [1.165, 1.54) is 0 Å². The van der Waals surface area contributed by atoms with Crippen molar-refractivity contribution in [2.75, 3.05) is 0 Å². The number of nitroso groups, excluding NO2 is 2. The molecule has 4 nitrogen and oxygen atoms in total. The van der Waals surface area contributed by atoms with Crippen LogP contribution in [-0.2, 0) is 0 Å². The average Bonchev–Trinajstić information content (AvgIpc) is 2.58. The first-order chi connectivity index (χ1) is 5.77. The quantitative estimate of drug-likeness (QED) is 0.591. The fourth-order valence-corrected chi connectivity index (χ4v) is 2.91. The molecule has 0 spiro atoms. The van der Waals surface area contributed by atoms with Crippen molar-refractivity contribution in [1.29, 1.82) is 0 Å². The van der Waals surface area contributed by atoms with E-state index >= 15 is 0 Å². The highest BCUT2D eigenvalue weighted by molar-refractivity contribution is 5.06. The van der Waals surface area contributed by atoms with Gasteiger partial charge < -0.3 is 0 Å². The van der Waals surface area contributed by atoms with E-state index in [0.29, 0.717) is 17.8 Å². The van der Waals surface area contributed by atoms with Crippen LogP contribution in [-0.4, -0.2) is 12.1 Å². The Bertz CT molecular complexity index is 219. The van der Waals surface area contributed by atoms with Gasteiger partial charge >= 0.3 is 0 Å². The molecular formula is C8H12N2O2. The molecule has 66 valence electrons. The van der Waals surface area contributed by atoms with Crippen LogP contribution in [0, 0.1) is 27.6 Å². The molecule has 0 aromatic heterocycles. The maximum absolute atomic E-state index is 10.5. The third-order valence-corrected chi connectivity index (χ3v) is 3.50. The molecule has 2 aliphatic carbocycles. The molecule has 0 aromatic carbocycles. The van der Waals surface area contributed by atoms with Gasteiger partial charge in [0.1, 0.15) is 12.1 Å². The van der Waals surface area contributed by atoms with Crippen LogP contribution < -0.4 is 0 Å². The topological polar surface area (TPSA) is 58.9 Å². The Morgan fingerprint density at radius 3 is 2.33 bits per heavy atom. The molecule has 2 fully saturated rings. The Kier molecular flexibility index (Phi) is 1.70. The Morgan fingerprint density at radius 1 is 1.08 bits per heavy atom. The average molecular weight is 168 g/mol. The zero-order valence-electron chi connectivity index (χ0n) is 7.01. The first-order valence-corrected chi connectivity index (χ1v) is 4.43. The van der Waals surface area contributed by atoms with Crippen LogP contribution >= 0.6 is 0 Å². The molecule has 12 heavy (non-hydrogen) atoms. The maximum Gasteiger partial charge on any atom is 0.121 e. The predicted molar refractivity (Wildman–Crippen MR) is 44.5 cm³/mol. The molecule has 2 bridgehead atoms. The lowest BCUT2D eigenvalue weighted by atomic mass is 9.84. The van der Waals surface area contributed by atoms with Crippen molar-refractivity contribution in [3.63, 3.8) is 0 Å². The van der Waals surface area contributed by atoms with Crippen molar-refractivity contribution < 1.29 is 0 Å². The Labute approximate surface area is 70.7 Å². The number of hydrogen-bond acceptors (Lipinski definition) is 4. The van der Waals surface area contributed by atoms with E-state index < -0.39 is 0 Å². The van der Waals surface area contributed by atoms with E-state index in [0.717, 1.165) is 12.8 Å². The van der Waals surface area contributed by atoms with E-state index in [9.17, 15) is 9.81 Å². The van der Waals surface area contributed by atoms with Gasteiger partial charge in [0.05, 0.1) is 0 Å². The third kappa shape index (κ3) is 0.836. The number of rotatable bonds is 2. The van der Waals surface area contributed by atoms with Crippen LogP contribution in [0.3, 0.4) is 0 Å². The summed E-state index contributed by atoms with van der Waals surface area (Å²) >= 11 is 0. The summed E-state index contributed by atoms with van der Waals surface area (Å²) in [4.78, 5) is 20.9. The van der Waals surface area contributed by atoms with Crippen LogP contribution in [0.1, 0.15) is 19.8 Å². The van der Waals surface area contributed by atoms with Crippen LogP contribution in [0.5, 0.6) is 0 Å². The lowest BCUT2D eigenvalue weighted by molar-refractivity contribution is 0.286. The minimum absolute atomic E-state index is 0.316. The Hall–Kier alpha value is -0.800. The molecule has 0 aromatic rings. The molecule has 5 unspecified atom stereocenters. The van der Waals surface area contributed by atoms with Crippen molar-refractivity contribution in [2.45, 2.75) is 31.8 Å². The number of hydrogen-bond donors (Lipinski definition) is 0. The zero-order chi connectivity index (χ0) is 8.72. The fraction of sp³-hybridized carbons (Fsp3) is 1.00. The van der Waals surface area contributed by atoms with Gasteiger partial charge in [-0.05, 0) is 30.6 Å². The van der Waals surface area contributed by atoms with Gasteiger partial charge in [-0.2, -0.15) is 9.81 Å². The summed E-state index contributed by atoms with van der Waals surface area (Å²) in [6, 6.07) is -0.639. The molecule has 0 radical (unpaired) electrons.